The first kappa shape index (κ1) is 20.7. The minimum atomic E-state index is -0.119. The van der Waals surface area contributed by atoms with Crippen molar-refractivity contribution in [1.82, 2.24) is 0 Å². The predicted octanol–water partition coefficient (Wildman–Crippen LogP) is 2.87. The van der Waals surface area contributed by atoms with Gasteiger partial charge in [-0.15, -0.1) is 13.2 Å². The molecule has 0 aliphatic rings. The number of hydrogen-bond acceptors (Lipinski definition) is 5. The smallest absolute Gasteiger partial charge is 0.221 e. The molecule has 1 amide bonds. The summed E-state index contributed by atoms with van der Waals surface area (Å²) in [6, 6.07) is 5.54. The quantitative estimate of drug-likeness (QED) is 0.439. The second-order valence-corrected chi connectivity index (χ2v) is 5.28. The SMILES string of the molecule is C=CCOCCN(CCOCC=C)c1cc(NC(C)=O)ccc1OC. The van der Waals surface area contributed by atoms with Crippen LogP contribution in [-0.2, 0) is 14.3 Å². The molecule has 1 aromatic rings. The largest absolute Gasteiger partial charge is 0.495 e. The van der Waals surface area contributed by atoms with Gasteiger partial charge in [-0.05, 0) is 18.2 Å². The number of hydrogen-bond donors (Lipinski definition) is 1. The molecule has 0 unspecified atom stereocenters. The highest BCUT2D eigenvalue weighted by molar-refractivity contribution is 5.89. The van der Waals surface area contributed by atoms with E-state index in [1.54, 1.807) is 19.3 Å². The maximum absolute atomic E-state index is 11.3. The van der Waals surface area contributed by atoms with Gasteiger partial charge in [-0.2, -0.15) is 0 Å². The van der Waals surface area contributed by atoms with E-state index in [-0.39, 0.29) is 5.91 Å². The van der Waals surface area contributed by atoms with Crippen LogP contribution in [0.3, 0.4) is 0 Å². The first-order chi connectivity index (χ1) is 12.1. The Morgan fingerprint density at radius 3 is 2.24 bits per heavy atom. The number of carbonyl (C=O) groups excluding carboxylic acids is 1. The number of carbonyl (C=O) groups is 1. The Hall–Kier alpha value is -2.31. The van der Waals surface area contributed by atoms with Gasteiger partial charge in [0.25, 0.3) is 0 Å². The van der Waals surface area contributed by atoms with Crippen LogP contribution in [0.4, 0.5) is 11.4 Å². The van der Waals surface area contributed by atoms with E-state index in [1.807, 2.05) is 18.2 Å². The Morgan fingerprint density at radius 2 is 1.76 bits per heavy atom. The summed E-state index contributed by atoms with van der Waals surface area (Å²) < 4.78 is 16.5. The van der Waals surface area contributed by atoms with Crippen molar-refractivity contribution in [3.05, 3.63) is 43.5 Å². The van der Waals surface area contributed by atoms with E-state index in [4.69, 9.17) is 14.2 Å². The molecule has 0 radical (unpaired) electrons. The minimum Gasteiger partial charge on any atom is -0.495 e. The molecule has 0 heterocycles. The van der Waals surface area contributed by atoms with Gasteiger partial charge in [0.05, 0.1) is 39.2 Å². The summed E-state index contributed by atoms with van der Waals surface area (Å²) in [6.07, 6.45) is 3.44. The lowest BCUT2D eigenvalue weighted by Gasteiger charge is -2.27. The highest BCUT2D eigenvalue weighted by Gasteiger charge is 2.13. The highest BCUT2D eigenvalue weighted by atomic mass is 16.5. The van der Waals surface area contributed by atoms with Gasteiger partial charge in [0.1, 0.15) is 5.75 Å². The van der Waals surface area contributed by atoms with Crippen molar-refractivity contribution < 1.29 is 19.0 Å². The molecule has 1 rings (SSSR count). The molecular weight excluding hydrogens is 320 g/mol. The Balaban J connectivity index is 2.92. The zero-order valence-corrected chi connectivity index (χ0v) is 15.1. The number of methoxy groups -OCH3 is 1. The van der Waals surface area contributed by atoms with Crippen LogP contribution in [0.5, 0.6) is 5.75 Å². The minimum absolute atomic E-state index is 0.119. The van der Waals surface area contributed by atoms with Crippen molar-refractivity contribution in [3.8, 4) is 5.75 Å². The molecule has 0 spiro atoms. The average molecular weight is 348 g/mol. The molecule has 25 heavy (non-hydrogen) atoms. The molecule has 0 saturated carbocycles. The third-order valence-electron chi connectivity index (χ3n) is 3.32. The number of ether oxygens (including phenoxy) is 3. The Morgan fingerprint density at radius 1 is 1.16 bits per heavy atom. The number of anilines is 2. The Bertz CT molecular complexity index is 544. The van der Waals surface area contributed by atoms with Crippen LogP contribution in [0.1, 0.15) is 6.92 Å². The fraction of sp³-hybridized carbons (Fsp3) is 0.421. The van der Waals surface area contributed by atoms with Gasteiger partial charge in [-0.1, -0.05) is 12.2 Å². The summed E-state index contributed by atoms with van der Waals surface area (Å²) in [5.74, 6) is 0.604. The third-order valence-corrected chi connectivity index (χ3v) is 3.32. The van der Waals surface area contributed by atoms with E-state index in [2.05, 4.69) is 23.4 Å². The summed E-state index contributed by atoms with van der Waals surface area (Å²) in [5.41, 5.74) is 1.59. The van der Waals surface area contributed by atoms with Crippen molar-refractivity contribution in [2.45, 2.75) is 6.92 Å². The first-order valence-corrected chi connectivity index (χ1v) is 8.20. The second-order valence-electron chi connectivity index (χ2n) is 5.28. The van der Waals surface area contributed by atoms with Crippen LogP contribution in [0.15, 0.2) is 43.5 Å². The van der Waals surface area contributed by atoms with Crippen LogP contribution in [0, 0.1) is 0 Å². The molecule has 0 atom stereocenters. The molecule has 138 valence electrons. The van der Waals surface area contributed by atoms with Crippen molar-refractivity contribution in [3.63, 3.8) is 0 Å². The van der Waals surface area contributed by atoms with Gasteiger partial charge in [0.15, 0.2) is 0 Å². The third kappa shape index (κ3) is 7.87. The molecule has 6 heteroatoms. The Kier molecular flexibility index (Phi) is 10.0. The molecule has 0 aromatic heterocycles. The zero-order valence-electron chi connectivity index (χ0n) is 15.1. The molecule has 0 bridgehead atoms. The van der Waals surface area contributed by atoms with Crippen LogP contribution < -0.4 is 15.0 Å². The summed E-state index contributed by atoms with van der Waals surface area (Å²) in [5, 5.41) is 2.79. The number of rotatable bonds is 13. The monoisotopic (exact) mass is 348 g/mol. The van der Waals surface area contributed by atoms with E-state index in [0.717, 1.165) is 11.4 Å². The first-order valence-electron chi connectivity index (χ1n) is 8.20. The maximum Gasteiger partial charge on any atom is 0.221 e. The van der Waals surface area contributed by atoms with Gasteiger partial charge < -0.3 is 24.4 Å². The lowest BCUT2D eigenvalue weighted by atomic mass is 10.2. The summed E-state index contributed by atoms with van der Waals surface area (Å²) in [6.45, 7) is 12.2. The molecule has 1 aromatic carbocycles. The lowest BCUT2D eigenvalue weighted by Crippen LogP contribution is -2.31. The van der Waals surface area contributed by atoms with Crippen LogP contribution >= 0.6 is 0 Å². The van der Waals surface area contributed by atoms with Gasteiger partial charge in [-0.25, -0.2) is 0 Å². The van der Waals surface area contributed by atoms with E-state index >= 15 is 0 Å². The molecule has 0 fully saturated rings. The summed E-state index contributed by atoms with van der Waals surface area (Å²) in [4.78, 5) is 13.4. The van der Waals surface area contributed by atoms with Crippen molar-refractivity contribution >= 4 is 17.3 Å². The van der Waals surface area contributed by atoms with Gasteiger partial charge in [-0.3, -0.25) is 4.79 Å². The summed E-state index contributed by atoms with van der Waals surface area (Å²) in [7, 11) is 1.62. The molecule has 6 nitrogen and oxygen atoms in total. The molecular formula is C19H28N2O4. The topological polar surface area (TPSA) is 60.0 Å². The number of amides is 1. The van der Waals surface area contributed by atoms with Crippen LogP contribution in [-0.4, -0.2) is 52.5 Å². The normalized spacial score (nSPS) is 10.2. The standard InChI is InChI=1S/C19H28N2O4/c1-5-11-24-13-9-21(10-14-25-12-6-2)18-15-17(20-16(3)22)7-8-19(18)23-4/h5-8,15H,1-2,9-14H2,3-4H3,(H,20,22). The highest BCUT2D eigenvalue weighted by Crippen LogP contribution is 2.31. The number of nitrogens with zero attached hydrogens (tertiary/aromatic N) is 1. The van der Waals surface area contributed by atoms with E-state index < -0.39 is 0 Å². The Labute approximate surface area is 150 Å². The number of nitrogens with one attached hydrogen (secondary N) is 1. The predicted molar refractivity (Wildman–Crippen MR) is 102 cm³/mol. The fourth-order valence-electron chi connectivity index (χ4n) is 2.25. The zero-order chi connectivity index (χ0) is 18.5. The lowest BCUT2D eigenvalue weighted by molar-refractivity contribution is -0.114. The molecule has 0 aliphatic carbocycles. The van der Waals surface area contributed by atoms with Gasteiger partial charge in [0, 0.05) is 25.7 Å². The van der Waals surface area contributed by atoms with E-state index in [1.165, 1.54) is 6.92 Å². The number of benzene rings is 1. The van der Waals surface area contributed by atoms with Crippen LogP contribution in [0.25, 0.3) is 0 Å². The maximum atomic E-state index is 11.3. The van der Waals surface area contributed by atoms with E-state index in [0.29, 0.717) is 45.2 Å². The van der Waals surface area contributed by atoms with E-state index in [9.17, 15) is 4.79 Å². The molecule has 1 N–H and O–H groups in total. The molecule has 0 saturated heterocycles. The van der Waals surface area contributed by atoms with Crippen LogP contribution in [0.2, 0.25) is 0 Å². The summed E-state index contributed by atoms with van der Waals surface area (Å²) >= 11 is 0. The van der Waals surface area contributed by atoms with Crippen molar-refractivity contribution in [2.75, 3.05) is 56.8 Å². The van der Waals surface area contributed by atoms with Crippen molar-refractivity contribution in [1.29, 1.82) is 0 Å². The van der Waals surface area contributed by atoms with Gasteiger partial charge >= 0.3 is 0 Å². The van der Waals surface area contributed by atoms with Gasteiger partial charge in [0.2, 0.25) is 5.91 Å². The van der Waals surface area contributed by atoms with Crippen molar-refractivity contribution in [2.24, 2.45) is 0 Å². The fourth-order valence-corrected chi connectivity index (χ4v) is 2.25. The molecule has 0 aliphatic heterocycles. The second kappa shape index (κ2) is 12.1. The average Bonchev–Trinajstić information content (AvgIpc) is 2.60.